The highest BCUT2D eigenvalue weighted by atomic mass is 32.2. The van der Waals surface area contributed by atoms with Gasteiger partial charge in [0.05, 0.1) is 11.9 Å². The van der Waals surface area contributed by atoms with E-state index < -0.39 is 15.9 Å². The van der Waals surface area contributed by atoms with Crippen molar-refractivity contribution < 1.29 is 13.5 Å². The molecule has 1 atom stereocenters. The van der Waals surface area contributed by atoms with Crippen molar-refractivity contribution >= 4 is 9.84 Å². The van der Waals surface area contributed by atoms with Gasteiger partial charge in [0, 0.05) is 5.41 Å². The van der Waals surface area contributed by atoms with Gasteiger partial charge in [-0.1, -0.05) is 11.6 Å². The van der Waals surface area contributed by atoms with E-state index in [9.17, 15) is 13.5 Å². The topological polar surface area (TPSA) is 54.4 Å². The number of allylic oxidation sites excluding steroid dienone is 2. The van der Waals surface area contributed by atoms with E-state index in [2.05, 4.69) is 0 Å². The number of aliphatic hydroxyl groups excluding tert-OH is 1. The molecule has 0 aromatic rings. The van der Waals surface area contributed by atoms with Gasteiger partial charge < -0.3 is 5.11 Å². The Kier molecular flexibility index (Phi) is 3.50. The van der Waals surface area contributed by atoms with Gasteiger partial charge >= 0.3 is 0 Å². The normalized spacial score (nSPS) is 24.5. The smallest absolute Gasteiger partial charge is 0.174 e. The first-order valence-electron chi connectivity index (χ1n) is 4.65. The molecule has 0 radical (unpaired) electrons. The molecule has 1 aliphatic heterocycles. The van der Waals surface area contributed by atoms with Crippen molar-refractivity contribution in [3.63, 3.8) is 0 Å². The maximum atomic E-state index is 11.1. The van der Waals surface area contributed by atoms with Gasteiger partial charge in [0.15, 0.2) is 9.84 Å². The van der Waals surface area contributed by atoms with Crippen molar-refractivity contribution in [3.8, 4) is 0 Å². The van der Waals surface area contributed by atoms with Crippen LogP contribution in [0, 0.1) is 0 Å². The predicted molar refractivity (Wildman–Crippen MR) is 56.5 cm³/mol. The molecule has 80 valence electrons. The highest BCUT2D eigenvalue weighted by Crippen LogP contribution is 2.21. The van der Waals surface area contributed by atoms with Crippen molar-refractivity contribution in [2.45, 2.75) is 32.8 Å². The molecule has 1 heterocycles. The molecule has 1 unspecified atom stereocenters. The molecule has 1 N–H and O–H groups in total. The maximum Gasteiger partial charge on any atom is 0.174 e. The molecule has 14 heavy (non-hydrogen) atoms. The average molecular weight is 216 g/mol. The molecule has 0 saturated carbocycles. The van der Waals surface area contributed by atoms with Crippen LogP contribution in [0.5, 0.6) is 0 Å². The lowest BCUT2D eigenvalue weighted by Crippen LogP contribution is -2.12. The Morgan fingerprint density at radius 2 is 2.29 bits per heavy atom. The van der Waals surface area contributed by atoms with E-state index in [1.165, 1.54) is 11.0 Å². The molecule has 0 aromatic carbocycles. The molecular weight excluding hydrogens is 200 g/mol. The van der Waals surface area contributed by atoms with Gasteiger partial charge in [0.25, 0.3) is 0 Å². The largest absolute Gasteiger partial charge is 0.388 e. The van der Waals surface area contributed by atoms with E-state index in [0.717, 1.165) is 6.42 Å². The number of hydrogen-bond donors (Lipinski definition) is 1. The van der Waals surface area contributed by atoms with Crippen LogP contribution in [0.15, 0.2) is 22.6 Å². The van der Waals surface area contributed by atoms with Crippen molar-refractivity contribution in [2.75, 3.05) is 5.75 Å². The molecule has 0 aromatic heterocycles. The summed E-state index contributed by atoms with van der Waals surface area (Å²) in [7, 11) is -3.13. The van der Waals surface area contributed by atoms with Crippen LogP contribution in [0.3, 0.4) is 0 Å². The molecule has 0 aliphatic carbocycles. The molecule has 0 bridgehead atoms. The second-order valence-corrected chi connectivity index (χ2v) is 5.75. The van der Waals surface area contributed by atoms with Crippen LogP contribution in [0.4, 0.5) is 0 Å². The summed E-state index contributed by atoms with van der Waals surface area (Å²) < 4.78 is 22.2. The Hall–Kier alpha value is -0.610. The number of rotatable bonds is 3. The van der Waals surface area contributed by atoms with Crippen molar-refractivity contribution in [3.05, 3.63) is 22.6 Å². The Morgan fingerprint density at radius 3 is 2.71 bits per heavy atom. The first kappa shape index (κ1) is 11.5. The minimum Gasteiger partial charge on any atom is -0.388 e. The summed E-state index contributed by atoms with van der Waals surface area (Å²) >= 11 is 0. The van der Waals surface area contributed by atoms with Crippen LogP contribution in [0.1, 0.15) is 26.7 Å². The van der Waals surface area contributed by atoms with E-state index in [-0.39, 0.29) is 5.75 Å². The number of aliphatic hydroxyl groups is 1. The van der Waals surface area contributed by atoms with Crippen LogP contribution in [-0.2, 0) is 9.84 Å². The van der Waals surface area contributed by atoms with Gasteiger partial charge in [-0.15, -0.1) is 0 Å². The molecule has 0 amide bonds. The lowest BCUT2D eigenvalue weighted by molar-refractivity contribution is 0.233. The van der Waals surface area contributed by atoms with Gasteiger partial charge in [-0.3, -0.25) is 0 Å². The molecule has 0 spiro atoms. The quantitative estimate of drug-likeness (QED) is 0.726. The lowest BCUT2D eigenvalue weighted by atomic mass is 10.1. The summed E-state index contributed by atoms with van der Waals surface area (Å²) in [6, 6.07) is 0. The van der Waals surface area contributed by atoms with Gasteiger partial charge in [-0.2, -0.15) is 0 Å². The fourth-order valence-electron chi connectivity index (χ4n) is 1.44. The zero-order valence-electron chi connectivity index (χ0n) is 8.53. The van der Waals surface area contributed by atoms with E-state index in [1.807, 2.05) is 19.9 Å². The zero-order valence-corrected chi connectivity index (χ0v) is 9.34. The summed E-state index contributed by atoms with van der Waals surface area (Å²) in [6.45, 7) is 3.99. The Labute approximate surface area is 85.1 Å². The van der Waals surface area contributed by atoms with E-state index in [4.69, 9.17) is 0 Å². The number of sulfone groups is 1. The molecular formula is C10H16O3S. The first-order chi connectivity index (χ1) is 6.41. The van der Waals surface area contributed by atoms with Crippen LogP contribution in [0.25, 0.3) is 0 Å². The summed E-state index contributed by atoms with van der Waals surface area (Å²) in [5.74, 6) is -0.142. The van der Waals surface area contributed by atoms with Gasteiger partial charge in [-0.05, 0) is 32.3 Å². The highest BCUT2D eigenvalue weighted by molar-refractivity contribution is 7.94. The summed E-state index contributed by atoms with van der Waals surface area (Å²) in [6.07, 6.45) is 2.68. The standard InChI is InChI=1S/C10H16O3S/c1-8(2)4-3-5-9-6-14(12,13)7-10(9)11/h4,6,10-11H,3,5,7H2,1-2H3. The predicted octanol–water partition coefficient (Wildman–Crippen LogP) is 1.41. The summed E-state index contributed by atoms with van der Waals surface area (Å²) in [5, 5.41) is 10.6. The zero-order chi connectivity index (χ0) is 10.8. The number of hydrogen-bond acceptors (Lipinski definition) is 3. The van der Waals surface area contributed by atoms with E-state index in [0.29, 0.717) is 12.0 Å². The molecule has 1 aliphatic rings. The van der Waals surface area contributed by atoms with Gasteiger partial charge in [0.1, 0.15) is 0 Å². The molecule has 1 rings (SSSR count). The SMILES string of the molecule is CC(C)=CCCC1=CS(=O)(=O)CC1O. The fourth-order valence-corrected chi connectivity index (χ4v) is 2.92. The summed E-state index contributed by atoms with van der Waals surface area (Å²) in [4.78, 5) is 0. The Bertz CT molecular complexity index is 359. The molecule has 4 heteroatoms. The highest BCUT2D eigenvalue weighted by Gasteiger charge is 2.26. The molecule has 0 saturated heterocycles. The lowest BCUT2D eigenvalue weighted by Gasteiger charge is -2.04. The second kappa shape index (κ2) is 4.28. The van der Waals surface area contributed by atoms with Crippen molar-refractivity contribution in [1.29, 1.82) is 0 Å². The molecule has 0 fully saturated rings. The second-order valence-electron chi connectivity index (χ2n) is 3.86. The monoisotopic (exact) mass is 216 g/mol. The third-order valence-electron chi connectivity index (χ3n) is 2.13. The van der Waals surface area contributed by atoms with Crippen LogP contribution >= 0.6 is 0 Å². The maximum absolute atomic E-state index is 11.1. The van der Waals surface area contributed by atoms with Crippen LogP contribution in [0.2, 0.25) is 0 Å². The van der Waals surface area contributed by atoms with Crippen molar-refractivity contribution in [2.24, 2.45) is 0 Å². The van der Waals surface area contributed by atoms with Gasteiger partial charge in [0.2, 0.25) is 0 Å². The molecule has 3 nitrogen and oxygen atoms in total. The van der Waals surface area contributed by atoms with E-state index in [1.54, 1.807) is 0 Å². The van der Waals surface area contributed by atoms with Gasteiger partial charge in [-0.25, -0.2) is 8.42 Å². The first-order valence-corrected chi connectivity index (χ1v) is 6.37. The minimum atomic E-state index is -3.13. The van der Waals surface area contributed by atoms with E-state index >= 15 is 0 Å². The van der Waals surface area contributed by atoms with Crippen LogP contribution < -0.4 is 0 Å². The van der Waals surface area contributed by atoms with Crippen molar-refractivity contribution in [1.82, 2.24) is 0 Å². The average Bonchev–Trinajstić information content (AvgIpc) is 2.24. The van der Waals surface area contributed by atoms with Crippen LogP contribution in [-0.4, -0.2) is 25.4 Å². The third kappa shape index (κ3) is 3.27. The Morgan fingerprint density at radius 1 is 1.64 bits per heavy atom. The Balaban J connectivity index is 2.58. The fraction of sp³-hybridized carbons (Fsp3) is 0.600. The minimum absolute atomic E-state index is 0.142. The third-order valence-corrected chi connectivity index (χ3v) is 3.58. The summed E-state index contributed by atoms with van der Waals surface area (Å²) in [5.41, 5.74) is 1.85.